The highest BCUT2D eigenvalue weighted by atomic mass is 16.2. The van der Waals surface area contributed by atoms with E-state index < -0.39 is 12.1 Å². The molecule has 2 aromatic heterocycles. The number of nitrogens with one attached hydrogen (secondary N) is 1. The summed E-state index contributed by atoms with van der Waals surface area (Å²) in [4.78, 5) is 52.8. The molecule has 1 fully saturated rings. The Morgan fingerprint density at radius 3 is 2.57 bits per heavy atom. The van der Waals surface area contributed by atoms with Gasteiger partial charge in [0.25, 0.3) is 5.91 Å². The number of carbonyl (C=O) groups excluding carboxylic acids is 3. The van der Waals surface area contributed by atoms with E-state index in [0.717, 1.165) is 12.0 Å². The monoisotopic (exact) mass is 567 g/mol. The van der Waals surface area contributed by atoms with Crippen molar-refractivity contribution >= 4 is 17.7 Å². The number of hydrogen-bond donors (Lipinski definition) is 1. The Balaban J connectivity index is 1.35. The number of fused-ring (bicyclic) bond motifs is 2. The molecule has 0 bridgehead atoms. The van der Waals surface area contributed by atoms with Crippen molar-refractivity contribution in [3.63, 3.8) is 0 Å². The molecule has 1 saturated heterocycles. The molecule has 3 amide bonds. The number of benzene rings is 2. The lowest BCUT2D eigenvalue weighted by molar-refractivity contribution is -0.138. The Morgan fingerprint density at radius 1 is 0.952 bits per heavy atom. The molecule has 12 nitrogen and oxygen atoms in total. The summed E-state index contributed by atoms with van der Waals surface area (Å²) in [5.41, 5.74) is 1.97. The van der Waals surface area contributed by atoms with Crippen molar-refractivity contribution in [1.29, 1.82) is 0 Å². The van der Waals surface area contributed by atoms with Crippen LogP contribution in [0.15, 0.2) is 67.3 Å². The summed E-state index contributed by atoms with van der Waals surface area (Å²) >= 11 is 0. The molecule has 1 N–H and O–H groups in total. The summed E-state index contributed by atoms with van der Waals surface area (Å²) in [6.07, 6.45) is 5.10. The predicted molar refractivity (Wildman–Crippen MR) is 153 cm³/mol. The van der Waals surface area contributed by atoms with E-state index in [1.807, 2.05) is 55.5 Å². The molecule has 2 atom stereocenters. The van der Waals surface area contributed by atoms with Crippen LogP contribution in [0.25, 0.3) is 17.1 Å². The smallest absolute Gasteiger partial charge is 0.256 e. The fourth-order valence-corrected chi connectivity index (χ4v) is 5.71. The summed E-state index contributed by atoms with van der Waals surface area (Å²) < 4.78 is 3.35. The lowest BCUT2D eigenvalue weighted by Gasteiger charge is -2.28. The predicted octanol–water partition coefficient (Wildman–Crippen LogP) is 2.63. The van der Waals surface area contributed by atoms with E-state index in [2.05, 4.69) is 15.4 Å². The second-order valence-electron chi connectivity index (χ2n) is 10.6. The molecule has 0 unspecified atom stereocenters. The highest BCUT2D eigenvalue weighted by Gasteiger charge is 2.35. The zero-order chi connectivity index (χ0) is 29.1. The molecule has 0 aliphatic carbocycles. The minimum atomic E-state index is -0.514. The molecule has 0 radical (unpaired) electrons. The number of nitrogens with zero attached hydrogens (tertiary/aromatic N) is 8. The lowest BCUT2D eigenvalue weighted by atomic mass is 10.1. The maximum Gasteiger partial charge on any atom is 0.256 e. The van der Waals surface area contributed by atoms with Gasteiger partial charge in [-0.3, -0.25) is 14.4 Å². The molecule has 0 saturated carbocycles. The fourth-order valence-electron chi connectivity index (χ4n) is 5.71. The van der Waals surface area contributed by atoms with E-state index in [1.165, 1.54) is 6.33 Å². The van der Waals surface area contributed by atoms with Crippen molar-refractivity contribution in [2.45, 2.75) is 51.2 Å². The van der Waals surface area contributed by atoms with Crippen LogP contribution in [0, 0.1) is 0 Å². The minimum absolute atomic E-state index is 0.0673. The summed E-state index contributed by atoms with van der Waals surface area (Å²) in [6.45, 7) is 3.48. The van der Waals surface area contributed by atoms with Crippen molar-refractivity contribution < 1.29 is 14.4 Å². The van der Waals surface area contributed by atoms with Gasteiger partial charge < -0.3 is 15.1 Å². The number of rotatable bonds is 3. The van der Waals surface area contributed by atoms with Gasteiger partial charge in [-0.1, -0.05) is 42.5 Å². The number of aromatic nitrogens is 6. The van der Waals surface area contributed by atoms with Crippen LogP contribution in [0.3, 0.4) is 0 Å². The zero-order valence-electron chi connectivity index (χ0n) is 23.5. The van der Waals surface area contributed by atoms with Crippen molar-refractivity contribution in [2.24, 2.45) is 0 Å². The third-order valence-electron chi connectivity index (χ3n) is 7.84. The number of amides is 3. The first kappa shape index (κ1) is 27.3. The van der Waals surface area contributed by atoms with Crippen molar-refractivity contribution in [3.8, 4) is 17.1 Å². The van der Waals surface area contributed by atoms with Crippen LogP contribution in [0.1, 0.15) is 54.8 Å². The average molecular weight is 568 g/mol. The molecule has 216 valence electrons. The highest BCUT2D eigenvalue weighted by molar-refractivity contribution is 5.97. The Hall–Kier alpha value is -4.87. The third-order valence-corrected chi connectivity index (χ3v) is 7.84. The summed E-state index contributed by atoms with van der Waals surface area (Å²) in [5, 5.41) is 12.1. The van der Waals surface area contributed by atoms with Gasteiger partial charge in [0.05, 0.1) is 23.8 Å². The van der Waals surface area contributed by atoms with Crippen LogP contribution in [-0.4, -0.2) is 82.7 Å². The zero-order valence-corrected chi connectivity index (χ0v) is 23.5. The molecule has 12 heteroatoms. The summed E-state index contributed by atoms with van der Waals surface area (Å²) in [6, 6.07) is 16.0. The van der Waals surface area contributed by atoms with E-state index in [-0.39, 0.29) is 24.1 Å². The van der Waals surface area contributed by atoms with E-state index in [1.54, 1.807) is 31.6 Å². The number of carbonyl (C=O) groups is 3. The first-order valence-electron chi connectivity index (χ1n) is 14.3. The Labute approximate surface area is 243 Å². The number of hydrogen-bond acceptors (Lipinski definition) is 7. The topological polar surface area (TPSA) is 131 Å². The van der Waals surface area contributed by atoms with E-state index in [0.29, 0.717) is 61.9 Å². The quantitative estimate of drug-likeness (QED) is 0.403. The van der Waals surface area contributed by atoms with Gasteiger partial charge >= 0.3 is 0 Å². The van der Waals surface area contributed by atoms with Crippen LogP contribution in [0.5, 0.6) is 0 Å². The van der Waals surface area contributed by atoms with Gasteiger partial charge in [-0.2, -0.15) is 10.2 Å². The van der Waals surface area contributed by atoms with Gasteiger partial charge in [0, 0.05) is 31.6 Å². The van der Waals surface area contributed by atoms with E-state index >= 15 is 0 Å². The molecule has 2 aromatic carbocycles. The molecule has 2 aliphatic rings. The average Bonchev–Trinajstić information content (AvgIpc) is 3.80. The molecular formula is C30H33N9O3. The first-order chi connectivity index (χ1) is 20.5. The van der Waals surface area contributed by atoms with Gasteiger partial charge in [0.1, 0.15) is 24.5 Å². The fraction of sp³-hybridized carbons (Fsp3) is 0.367. The maximum absolute atomic E-state index is 14.0. The molecule has 6 rings (SSSR count). The van der Waals surface area contributed by atoms with Gasteiger partial charge in [-0.25, -0.2) is 19.3 Å². The Kier molecular flexibility index (Phi) is 7.76. The SMILES string of the molecule is C[C@@H]1NC(=O)[C@@H]2CCCN2C(=O)CCCN(C(=O)c2ccccc2-n2cncn2)CCn2nc(-c3ccccc3)nc21. The second kappa shape index (κ2) is 11.9. The van der Waals surface area contributed by atoms with Crippen LogP contribution < -0.4 is 5.32 Å². The molecule has 2 aliphatic heterocycles. The van der Waals surface area contributed by atoms with Crippen LogP contribution in [0.2, 0.25) is 0 Å². The van der Waals surface area contributed by atoms with Crippen molar-refractivity contribution in [2.75, 3.05) is 19.6 Å². The first-order valence-corrected chi connectivity index (χ1v) is 14.3. The normalized spacial score (nSPS) is 20.0. The number of para-hydroxylation sites is 1. The lowest BCUT2D eigenvalue weighted by Crippen LogP contribution is -2.47. The minimum Gasteiger partial charge on any atom is -0.345 e. The Morgan fingerprint density at radius 2 is 1.76 bits per heavy atom. The van der Waals surface area contributed by atoms with Gasteiger partial charge in [0.2, 0.25) is 11.8 Å². The van der Waals surface area contributed by atoms with E-state index in [9.17, 15) is 14.4 Å². The molecule has 42 heavy (non-hydrogen) atoms. The summed E-state index contributed by atoms with van der Waals surface area (Å²) in [7, 11) is 0. The Bertz CT molecular complexity index is 1570. The molecule has 4 aromatic rings. The molecule has 0 spiro atoms. The van der Waals surface area contributed by atoms with Gasteiger partial charge in [0.15, 0.2) is 5.82 Å². The van der Waals surface area contributed by atoms with Crippen molar-refractivity contribution in [3.05, 3.63) is 78.6 Å². The largest absolute Gasteiger partial charge is 0.345 e. The van der Waals surface area contributed by atoms with Crippen LogP contribution >= 0.6 is 0 Å². The van der Waals surface area contributed by atoms with Crippen LogP contribution in [-0.2, 0) is 16.1 Å². The maximum atomic E-state index is 14.0. The molecular weight excluding hydrogens is 534 g/mol. The second-order valence-corrected chi connectivity index (χ2v) is 10.6. The van der Waals surface area contributed by atoms with Gasteiger partial charge in [-0.05, 0) is 38.3 Å². The van der Waals surface area contributed by atoms with Crippen molar-refractivity contribution in [1.82, 2.24) is 44.6 Å². The molecule has 4 heterocycles. The van der Waals surface area contributed by atoms with Gasteiger partial charge in [-0.15, -0.1) is 0 Å². The van der Waals surface area contributed by atoms with E-state index in [4.69, 9.17) is 10.1 Å². The third kappa shape index (κ3) is 5.52. The summed E-state index contributed by atoms with van der Waals surface area (Å²) in [5.74, 6) is 0.713. The van der Waals surface area contributed by atoms with Crippen LogP contribution in [0.4, 0.5) is 0 Å². The highest BCUT2D eigenvalue weighted by Crippen LogP contribution is 2.24. The standard InChI is InChI=1S/C30H33N9O3/c1-21-28-34-27(22-9-3-2-4-10-22)35-38(28)18-17-36(15-8-14-26(40)37-16-7-13-25(37)29(41)33-21)30(42)23-11-5-6-12-24(23)39-20-31-19-32-39/h2-6,9-12,19-21,25H,7-8,13-18H2,1H3,(H,33,41)/t21-,25-/m0/s1.